The quantitative estimate of drug-likeness (QED) is 0.613. The van der Waals surface area contributed by atoms with Crippen molar-refractivity contribution in [1.82, 2.24) is 10.2 Å². The van der Waals surface area contributed by atoms with E-state index in [1.807, 2.05) is 24.3 Å². The molecule has 2 aromatic rings. The molecular formula is C23H27FN4O4. The second-order valence-corrected chi connectivity index (χ2v) is 7.83. The Morgan fingerprint density at radius 3 is 2.72 bits per heavy atom. The molecule has 32 heavy (non-hydrogen) atoms. The van der Waals surface area contributed by atoms with E-state index in [0.29, 0.717) is 32.0 Å². The molecule has 170 valence electrons. The van der Waals surface area contributed by atoms with Crippen LogP contribution in [0.25, 0.3) is 0 Å². The second-order valence-electron chi connectivity index (χ2n) is 7.83. The zero-order valence-corrected chi connectivity index (χ0v) is 17.7. The summed E-state index contributed by atoms with van der Waals surface area (Å²) in [6, 6.07) is 11.4. The van der Waals surface area contributed by atoms with Crippen LogP contribution >= 0.6 is 0 Å². The average Bonchev–Trinajstić information content (AvgIpc) is 3.22. The molecule has 9 heteroatoms. The van der Waals surface area contributed by atoms with Crippen molar-refractivity contribution >= 4 is 23.3 Å². The molecule has 3 N–H and O–H groups in total. The second kappa shape index (κ2) is 10.4. The third-order valence-corrected chi connectivity index (χ3v) is 5.46. The molecule has 4 rings (SSSR count). The van der Waals surface area contributed by atoms with Gasteiger partial charge in [0.25, 0.3) is 0 Å². The van der Waals surface area contributed by atoms with Gasteiger partial charge in [-0.05, 0) is 29.8 Å². The summed E-state index contributed by atoms with van der Waals surface area (Å²) in [6.45, 7) is 3.82. The van der Waals surface area contributed by atoms with Crippen LogP contribution in [0.1, 0.15) is 12.0 Å². The molecule has 2 aromatic carbocycles. The normalized spacial score (nSPS) is 17.8. The van der Waals surface area contributed by atoms with E-state index in [1.165, 1.54) is 18.2 Å². The minimum Gasteiger partial charge on any atom is -0.488 e. The fourth-order valence-corrected chi connectivity index (χ4v) is 3.75. The van der Waals surface area contributed by atoms with Gasteiger partial charge in [0.15, 0.2) is 0 Å². The Morgan fingerprint density at radius 1 is 1.09 bits per heavy atom. The number of benzene rings is 2. The van der Waals surface area contributed by atoms with Crippen LogP contribution in [0.2, 0.25) is 0 Å². The van der Waals surface area contributed by atoms with Gasteiger partial charge in [0.2, 0.25) is 5.91 Å². The minimum absolute atomic E-state index is 0.0318. The first-order chi connectivity index (χ1) is 15.6. The van der Waals surface area contributed by atoms with Crippen LogP contribution in [-0.2, 0) is 16.0 Å². The van der Waals surface area contributed by atoms with Gasteiger partial charge < -0.3 is 25.4 Å². The van der Waals surface area contributed by atoms with E-state index in [2.05, 4.69) is 20.9 Å². The van der Waals surface area contributed by atoms with Crippen molar-refractivity contribution in [2.45, 2.75) is 18.9 Å². The molecule has 2 aliphatic rings. The van der Waals surface area contributed by atoms with Gasteiger partial charge in [-0.15, -0.1) is 0 Å². The van der Waals surface area contributed by atoms with Gasteiger partial charge in [-0.1, -0.05) is 18.2 Å². The number of amides is 3. The molecule has 1 fully saturated rings. The van der Waals surface area contributed by atoms with Crippen molar-refractivity contribution in [3.8, 4) is 5.75 Å². The Balaban J connectivity index is 1.24. The lowest BCUT2D eigenvalue weighted by Gasteiger charge is -2.26. The summed E-state index contributed by atoms with van der Waals surface area (Å²) in [6.07, 6.45) is 0.849. The summed E-state index contributed by atoms with van der Waals surface area (Å²) < 4.78 is 25.2. The van der Waals surface area contributed by atoms with Gasteiger partial charge in [-0.2, -0.15) is 0 Å². The first-order valence-electron chi connectivity index (χ1n) is 10.8. The highest BCUT2D eigenvalue weighted by Gasteiger charge is 2.22. The molecule has 0 saturated carbocycles. The summed E-state index contributed by atoms with van der Waals surface area (Å²) in [5.74, 6) is -0.00464. The Morgan fingerprint density at radius 2 is 1.91 bits per heavy atom. The van der Waals surface area contributed by atoms with Crippen molar-refractivity contribution in [2.75, 3.05) is 50.0 Å². The van der Waals surface area contributed by atoms with Crippen molar-refractivity contribution in [3.63, 3.8) is 0 Å². The zero-order valence-electron chi connectivity index (χ0n) is 17.7. The number of carbonyl (C=O) groups excluding carboxylic acids is 2. The molecule has 1 unspecified atom stereocenters. The molecule has 1 saturated heterocycles. The molecule has 2 aliphatic heterocycles. The molecular weight excluding hydrogens is 415 g/mol. The van der Waals surface area contributed by atoms with Crippen molar-refractivity contribution in [1.29, 1.82) is 0 Å². The highest BCUT2D eigenvalue weighted by atomic mass is 19.1. The lowest BCUT2D eigenvalue weighted by molar-refractivity contribution is -0.116. The van der Waals surface area contributed by atoms with E-state index in [4.69, 9.17) is 9.47 Å². The van der Waals surface area contributed by atoms with Gasteiger partial charge >= 0.3 is 6.03 Å². The molecule has 1 atom stereocenters. The van der Waals surface area contributed by atoms with Gasteiger partial charge in [0, 0.05) is 38.2 Å². The van der Waals surface area contributed by atoms with E-state index >= 15 is 0 Å². The van der Waals surface area contributed by atoms with Crippen LogP contribution in [0.15, 0.2) is 42.5 Å². The Kier molecular flexibility index (Phi) is 7.18. The van der Waals surface area contributed by atoms with Crippen LogP contribution in [0.5, 0.6) is 5.75 Å². The van der Waals surface area contributed by atoms with Crippen LogP contribution in [0.4, 0.5) is 20.6 Å². The number of carbonyl (C=O) groups is 2. The number of halogens is 1. The summed E-state index contributed by atoms with van der Waals surface area (Å²) in [5, 5.41) is 8.02. The minimum atomic E-state index is -0.562. The SMILES string of the molecule is O=C(CCN1CCOCC1)Nc1cc(NC(=O)NCC2Cc3ccccc3O2)ccc1F. The molecule has 0 spiro atoms. The summed E-state index contributed by atoms with van der Waals surface area (Å²) in [5.41, 5.74) is 1.53. The molecule has 2 heterocycles. The highest BCUT2D eigenvalue weighted by molar-refractivity contribution is 5.93. The number of hydrogen-bond acceptors (Lipinski definition) is 5. The number of morpholine rings is 1. The number of fused-ring (bicyclic) bond motifs is 1. The zero-order chi connectivity index (χ0) is 22.3. The van der Waals surface area contributed by atoms with Crippen LogP contribution < -0.4 is 20.7 Å². The summed E-state index contributed by atoms with van der Waals surface area (Å²) >= 11 is 0. The average molecular weight is 442 g/mol. The Hall–Kier alpha value is -3.17. The lowest BCUT2D eigenvalue weighted by atomic mass is 10.1. The number of rotatable bonds is 7. The van der Waals surface area contributed by atoms with Gasteiger partial charge in [0.05, 0.1) is 25.4 Å². The lowest BCUT2D eigenvalue weighted by Crippen LogP contribution is -2.38. The largest absolute Gasteiger partial charge is 0.488 e. The number of urea groups is 1. The van der Waals surface area contributed by atoms with Gasteiger partial charge in [0.1, 0.15) is 17.7 Å². The van der Waals surface area contributed by atoms with E-state index in [9.17, 15) is 14.0 Å². The molecule has 3 amide bonds. The molecule has 0 aromatic heterocycles. The maximum Gasteiger partial charge on any atom is 0.319 e. The molecule has 0 radical (unpaired) electrons. The number of ether oxygens (including phenoxy) is 2. The number of nitrogens with zero attached hydrogens (tertiary/aromatic N) is 1. The fourth-order valence-electron chi connectivity index (χ4n) is 3.75. The van der Waals surface area contributed by atoms with E-state index in [0.717, 1.165) is 30.8 Å². The monoisotopic (exact) mass is 442 g/mol. The first-order valence-corrected chi connectivity index (χ1v) is 10.8. The van der Waals surface area contributed by atoms with Crippen molar-refractivity contribution < 1.29 is 23.5 Å². The predicted octanol–water partition coefficient (Wildman–Crippen LogP) is 2.61. The van der Waals surface area contributed by atoms with Crippen molar-refractivity contribution in [3.05, 3.63) is 53.8 Å². The number of anilines is 2. The van der Waals surface area contributed by atoms with E-state index < -0.39 is 11.8 Å². The smallest absolute Gasteiger partial charge is 0.319 e. The van der Waals surface area contributed by atoms with Crippen LogP contribution in [0, 0.1) is 5.82 Å². The first kappa shape index (κ1) is 22.0. The number of para-hydroxylation sites is 1. The van der Waals surface area contributed by atoms with Crippen LogP contribution in [-0.4, -0.2) is 62.3 Å². The Bertz CT molecular complexity index is 940. The van der Waals surface area contributed by atoms with E-state index in [1.54, 1.807) is 0 Å². The summed E-state index contributed by atoms with van der Waals surface area (Å²) in [7, 11) is 0. The fraction of sp³-hybridized carbons (Fsp3) is 0.391. The third-order valence-electron chi connectivity index (χ3n) is 5.46. The Labute approximate surface area is 186 Å². The highest BCUT2D eigenvalue weighted by Crippen LogP contribution is 2.27. The maximum absolute atomic E-state index is 14.2. The number of hydrogen-bond donors (Lipinski definition) is 3. The van der Waals surface area contributed by atoms with Crippen molar-refractivity contribution in [2.24, 2.45) is 0 Å². The standard InChI is InChI=1S/C23H27FN4O4/c24-19-6-5-17(14-20(19)27-22(29)7-8-28-9-11-31-12-10-28)26-23(30)25-15-18-13-16-3-1-2-4-21(16)32-18/h1-6,14,18H,7-13,15H2,(H,27,29)(H2,25,26,30). The molecule has 0 bridgehead atoms. The van der Waals surface area contributed by atoms with Gasteiger partial charge in [-0.3, -0.25) is 9.69 Å². The predicted molar refractivity (Wildman–Crippen MR) is 118 cm³/mol. The third kappa shape index (κ3) is 5.95. The molecule has 8 nitrogen and oxygen atoms in total. The molecule has 0 aliphatic carbocycles. The number of nitrogens with one attached hydrogen (secondary N) is 3. The van der Waals surface area contributed by atoms with E-state index in [-0.39, 0.29) is 24.1 Å². The van der Waals surface area contributed by atoms with Gasteiger partial charge in [-0.25, -0.2) is 9.18 Å². The topological polar surface area (TPSA) is 91.9 Å². The maximum atomic E-state index is 14.2. The van der Waals surface area contributed by atoms with Crippen LogP contribution in [0.3, 0.4) is 0 Å². The summed E-state index contributed by atoms with van der Waals surface area (Å²) in [4.78, 5) is 26.6.